The second-order valence-corrected chi connectivity index (χ2v) is 6.74. The molecule has 1 aromatic heterocycles. The minimum absolute atomic E-state index is 0.00932. The van der Waals surface area contributed by atoms with Gasteiger partial charge >= 0.3 is 5.56 Å². The van der Waals surface area contributed by atoms with E-state index >= 15 is 0 Å². The quantitative estimate of drug-likeness (QED) is 0.826. The van der Waals surface area contributed by atoms with Gasteiger partial charge in [0, 0.05) is 13.0 Å². The summed E-state index contributed by atoms with van der Waals surface area (Å²) in [5.74, 6) is 4.58. The molecule has 0 radical (unpaired) electrons. The highest BCUT2D eigenvalue weighted by Gasteiger charge is 2.49. The lowest BCUT2D eigenvalue weighted by atomic mass is 9.51. The van der Waals surface area contributed by atoms with Gasteiger partial charge in [-0.1, -0.05) is 0 Å². The van der Waals surface area contributed by atoms with E-state index in [0.717, 1.165) is 17.7 Å². The van der Waals surface area contributed by atoms with E-state index in [0.29, 0.717) is 17.8 Å². The van der Waals surface area contributed by atoms with E-state index in [1.807, 2.05) is 7.05 Å². The van der Waals surface area contributed by atoms with Crippen molar-refractivity contribution < 1.29 is 0 Å². The van der Waals surface area contributed by atoms with Crippen molar-refractivity contribution in [1.82, 2.24) is 14.8 Å². The number of hydrogen-bond donors (Lipinski definition) is 1. The first-order valence-electron chi connectivity index (χ1n) is 7.32. The van der Waals surface area contributed by atoms with Gasteiger partial charge in [-0.15, -0.1) is 5.10 Å². The van der Waals surface area contributed by atoms with Crippen molar-refractivity contribution in [3.05, 3.63) is 16.2 Å². The van der Waals surface area contributed by atoms with Crippen molar-refractivity contribution in [2.75, 3.05) is 5.73 Å². The molecule has 5 heteroatoms. The average molecular weight is 260 g/mol. The maximum Gasteiger partial charge on any atom is 0.315 e. The molecule has 4 fully saturated rings. The van der Waals surface area contributed by atoms with Crippen LogP contribution in [0.1, 0.15) is 43.8 Å². The third-order valence-corrected chi connectivity index (χ3v) is 5.55. The lowest BCUT2D eigenvalue weighted by Gasteiger charge is -2.54. The maximum atomic E-state index is 11.7. The highest BCUT2D eigenvalue weighted by Crippen LogP contribution is 2.59. The van der Waals surface area contributed by atoms with E-state index in [9.17, 15) is 4.79 Å². The summed E-state index contributed by atoms with van der Waals surface area (Å²) in [6.45, 7) is 0. The average Bonchev–Trinajstić information content (AvgIpc) is 2.34. The van der Waals surface area contributed by atoms with E-state index in [2.05, 4.69) is 10.1 Å². The summed E-state index contributed by atoms with van der Waals surface area (Å²) < 4.78 is 1.74. The smallest absolute Gasteiger partial charge is 0.315 e. The molecule has 0 atom stereocenters. The molecule has 0 unspecified atom stereocenters. The van der Waals surface area contributed by atoms with Gasteiger partial charge in [-0.2, -0.15) is 4.98 Å². The Morgan fingerprint density at radius 3 is 2.26 bits per heavy atom. The molecule has 0 aromatic carbocycles. The number of hydrogen-bond acceptors (Lipinski definition) is 4. The molecule has 5 nitrogen and oxygen atoms in total. The third kappa shape index (κ3) is 1.63. The molecule has 102 valence electrons. The summed E-state index contributed by atoms with van der Waals surface area (Å²) in [5.41, 5.74) is 5.20. The molecule has 0 amide bonds. The van der Waals surface area contributed by atoms with E-state index in [-0.39, 0.29) is 11.4 Å². The Bertz CT molecular complexity index is 551. The van der Waals surface area contributed by atoms with Gasteiger partial charge in [0.2, 0.25) is 5.82 Å². The van der Waals surface area contributed by atoms with Gasteiger partial charge in [-0.25, -0.2) is 0 Å². The Balaban J connectivity index is 1.77. The van der Waals surface area contributed by atoms with Gasteiger partial charge in [0.1, 0.15) is 5.82 Å². The van der Waals surface area contributed by atoms with Gasteiger partial charge in [0.05, 0.1) is 0 Å². The molecule has 4 bridgehead atoms. The first-order valence-corrected chi connectivity index (χ1v) is 7.32. The zero-order chi connectivity index (χ0) is 13.1. The Morgan fingerprint density at radius 2 is 1.68 bits per heavy atom. The molecule has 4 aliphatic carbocycles. The molecule has 0 aliphatic heterocycles. The van der Waals surface area contributed by atoms with Crippen LogP contribution in [0.4, 0.5) is 5.82 Å². The number of nitrogens with zero attached hydrogens (tertiary/aromatic N) is 3. The fourth-order valence-corrected chi connectivity index (χ4v) is 5.13. The van der Waals surface area contributed by atoms with Crippen LogP contribution in [0.25, 0.3) is 0 Å². The lowest BCUT2D eigenvalue weighted by Crippen LogP contribution is -2.45. The Morgan fingerprint density at radius 1 is 1.11 bits per heavy atom. The van der Waals surface area contributed by atoms with E-state index in [1.54, 1.807) is 4.68 Å². The number of aryl methyl sites for hydroxylation is 1. The van der Waals surface area contributed by atoms with Crippen molar-refractivity contribution >= 4 is 5.82 Å². The largest absolute Gasteiger partial charge is 0.378 e. The molecule has 2 N–H and O–H groups in total. The first kappa shape index (κ1) is 11.4. The fraction of sp³-hybridized carbons (Fsp3) is 0.786. The Labute approximate surface area is 112 Å². The second kappa shape index (κ2) is 3.81. The predicted molar refractivity (Wildman–Crippen MR) is 71.5 cm³/mol. The zero-order valence-electron chi connectivity index (χ0n) is 11.2. The second-order valence-electron chi connectivity index (χ2n) is 6.74. The Hall–Kier alpha value is -1.39. The number of rotatable bonds is 1. The molecule has 4 aliphatic rings. The van der Waals surface area contributed by atoms with E-state index in [4.69, 9.17) is 5.73 Å². The lowest BCUT2D eigenvalue weighted by molar-refractivity contribution is -0.00744. The molecule has 0 spiro atoms. The van der Waals surface area contributed by atoms with Gasteiger partial charge in [-0.3, -0.25) is 9.48 Å². The monoisotopic (exact) mass is 260 g/mol. The van der Waals surface area contributed by atoms with Gasteiger partial charge in [0.25, 0.3) is 0 Å². The molecular weight excluding hydrogens is 240 g/mol. The molecule has 1 aromatic rings. The maximum absolute atomic E-state index is 11.7. The van der Waals surface area contributed by atoms with E-state index < -0.39 is 0 Å². The van der Waals surface area contributed by atoms with Gasteiger partial charge in [-0.05, 0) is 55.8 Å². The first-order chi connectivity index (χ1) is 9.11. The van der Waals surface area contributed by atoms with Gasteiger partial charge < -0.3 is 5.73 Å². The molecule has 5 rings (SSSR count). The van der Waals surface area contributed by atoms with Crippen LogP contribution < -0.4 is 11.3 Å². The van der Waals surface area contributed by atoms with Crippen LogP contribution >= 0.6 is 0 Å². The summed E-state index contributed by atoms with van der Waals surface area (Å²) in [5, 5.41) is 4.13. The van der Waals surface area contributed by atoms with Crippen molar-refractivity contribution in [3.8, 4) is 0 Å². The third-order valence-electron chi connectivity index (χ3n) is 5.55. The molecular formula is C14H20N4O. The van der Waals surface area contributed by atoms with Crippen molar-refractivity contribution in [2.24, 2.45) is 30.7 Å². The van der Waals surface area contributed by atoms with Crippen LogP contribution in [-0.2, 0) is 7.05 Å². The van der Waals surface area contributed by atoms with Crippen molar-refractivity contribution in [2.45, 2.75) is 38.0 Å². The highest BCUT2D eigenvalue weighted by molar-refractivity contribution is 5.22. The molecule has 1 heterocycles. The van der Waals surface area contributed by atoms with Crippen LogP contribution in [0.15, 0.2) is 4.79 Å². The SMILES string of the molecule is Cn1nc(N)c(=O)nc1C1C2CC3CC(C2)CC1C3. The minimum Gasteiger partial charge on any atom is -0.378 e. The fourth-order valence-electron chi connectivity index (χ4n) is 5.13. The van der Waals surface area contributed by atoms with Gasteiger partial charge in [0.15, 0.2) is 0 Å². The van der Waals surface area contributed by atoms with Crippen LogP contribution in [0.3, 0.4) is 0 Å². The summed E-state index contributed by atoms with van der Waals surface area (Å²) in [6, 6.07) is 0. The zero-order valence-corrected chi connectivity index (χ0v) is 11.2. The topological polar surface area (TPSA) is 73.8 Å². The number of nitrogen functional groups attached to an aromatic ring is 1. The van der Waals surface area contributed by atoms with Crippen LogP contribution in [-0.4, -0.2) is 14.8 Å². The van der Waals surface area contributed by atoms with Crippen molar-refractivity contribution in [3.63, 3.8) is 0 Å². The standard InChI is InChI=1S/C14H20N4O/c1-18-13(16-14(19)12(15)17-18)11-9-3-7-2-8(5-9)6-10(11)4-7/h7-11H,2-6H2,1H3,(H2,15,17). The minimum atomic E-state index is -0.359. The molecule has 0 saturated heterocycles. The summed E-state index contributed by atoms with van der Waals surface area (Å²) in [6.07, 6.45) is 6.71. The number of anilines is 1. The van der Waals surface area contributed by atoms with Crippen LogP contribution in [0, 0.1) is 23.7 Å². The molecule has 4 saturated carbocycles. The predicted octanol–water partition coefficient (Wildman–Crippen LogP) is 1.30. The normalized spacial score (nSPS) is 39.7. The number of nitrogens with two attached hydrogens (primary N) is 1. The summed E-state index contributed by atoms with van der Waals surface area (Å²) in [7, 11) is 1.86. The summed E-state index contributed by atoms with van der Waals surface area (Å²) >= 11 is 0. The highest BCUT2D eigenvalue weighted by atomic mass is 16.1. The molecule has 19 heavy (non-hydrogen) atoms. The van der Waals surface area contributed by atoms with E-state index in [1.165, 1.54) is 32.1 Å². The van der Waals surface area contributed by atoms with Crippen LogP contribution in [0.5, 0.6) is 0 Å². The van der Waals surface area contributed by atoms with Crippen LogP contribution in [0.2, 0.25) is 0 Å². The number of aromatic nitrogens is 3. The van der Waals surface area contributed by atoms with Crippen molar-refractivity contribution in [1.29, 1.82) is 0 Å². The Kier molecular flexibility index (Phi) is 2.29. The summed E-state index contributed by atoms with van der Waals surface area (Å²) in [4.78, 5) is 16.0.